The predicted octanol–water partition coefficient (Wildman–Crippen LogP) is 3.77. The average molecular weight is 401 g/mol. The molecule has 0 bridgehead atoms. The van der Waals surface area contributed by atoms with E-state index in [1.54, 1.807) is 6.07 Å². The third-order valence-electron chi connectivity index (χ3n) is 2.43. The minimum atomic E-state index is -0.550. The van der Waals surface area contributed by atoms with Crippen molar-refractivity contribution >= 4 is 49.1 Å². The van der Waals surface area contributed by atoms with E-state index in [0.717, 1.165) is 0 Å². The van der Waals surface area contributed by atoms with Crippen LogP contribution in [0.2, 0.25) is 0 Å². The van der Waals surface area contributed by atoms with Gasteiger partial charge in [0.1, 0.15) is 0 Å². The molecule has 1 N–H and O–H groups in total. The Bertz CT molecular complexity index is 691. The lowest BCUT2D eigenvalue weighted by atomic mass is 10.2. The number of halogens is 2. The first-order chi connectivity index (χ1) is 9.49. The normalized spacial score (nSPS) is 10.1. The summed E-state index contributed by atoms with van der Waals surface area (Å²) in [6.07, 6.45) is 3.07. The van der Waals surface area contributed by atoms with Gasteiger partial charge < -0.3 is 5.32 Å². The number of non-ortho nitro benzene ring substituents is 1. The molecule has 1 aromatic carbocycles. The Labute approximate surface area is 130 Å². The fourth-order valence-corrected chi connectivity index (χ4v) is 2.24. The highest BCUT2D eigenvalue weighted by atomic mass is 79.9. The van der Waals surface area contributed by atoms with Crippen LogP contribution in [-0.4, -0.2) is 15.8 Å². The molecule has 0 saturated heterocycles. The van der Waals surface area contributed by atoms with Gasteiger partial charge in [-0.05, 0) is 44.0 Å². The second-order valence-corrected chi connectivity index (χ2v) is 5.44. The van der Waals surface area contributed by atoms with Crippen molar-refractivity contribution in [1.29, 1.82) is 0 Å². The van der Waals surface area contributed by atoms with Gasteiger partial charge in [-0.3, -0.25) is 19.9 Å². The van der Waals surface area contributed by atoms with Crippen molar-refractivity contribution in [3.8, 4) is 0 Å². The maximum atomic E-state index is 12.2. The zero-order chi connectivity index (χ0) is 14.7. The molecular weight excluding hydrogens is 394 g/mol. The third-order valence-corrected chi connectivity index (χ3v) is 3.75. The first-order valence-electron chi connectivity index (χ1n) is 5.34. The molecule has 0 spiro atoms. The molecule has 6 nitrogen and oxygen atoms in total. The number of nitro groups is 1. The number of aromatic nitrogens is 1. The number of hydrogen-bond donors (Lipinski definition) is 1. The molecule has 0 aliphatic heterocycles. The van der Waals surface area contributed by atoms with E-state index < -0.39 is 10.8 Å². The first kappa shape index (κ1) is 14.6. The quantitative estimate of drug-likeness (QED) is 0.627. The number of nitro benzene ring substituents is 1. The summed E-state index contributed by atoms with van der Waals surface area (Å²) in [7, 11) is 0. The monoisotopic (exact) mass is 399 g/mol. The largest absolute Gasteiger partial charge is 0.321 e. The Morgan fingerprint density at radius 3 is 2.65 bits per heavy atom. The lowest BCUT2D eigenvalue weighted by Gasteiger charge is -2.08. The molecular formula is C12H7Br2N3O3. The van der Waals surface area contributed by atoms with E-state index in [9.17, 15) is 14.9 Å². The maximum Gasteiger partial charge on any atom is 0.270 e. The van der Waals surface area contributed by atoms with E-state index in [0.29, 0.717) is 14.6 Å². The van der Waals surface area contributed by atoms with Crippen LogP contribution in [0.15, 0.2) is 45.6 Å². The Hall–Kier alpha value is -1.80. The van der Waals surface area contributed by atoms with Crippen molar-refractivity contribution in [2.75, 3.05) is 5.32 Å². The molecule has 0 saturated carbocycles. The summed E-state index contributed by atoms with van der Waals surface area (Å²) in [5, 5.41) is 13.4. The Morgan fingerprint density at radius 2 is 2.00 bits per heavy atom. The van der Waals surface area contributed by atoms with Crippen LogP contribution in [0.3, 0.4) is 0 Å². The minimum absolute atomic E-state index is 0.146. The zero-order valence-electron chi connectivity index (χ0n) is 9.84. The van der Waals surface area contributed by atoms with Gasteiger partial charge in [0, 0.05) is 29.0 Å². The second-order valence-electron chi connectivity index (χ2n) is 3.73. The number of nitrogens with zero attached hydrogens (tertiary/aromatic N) is 2. The topological polar surface area (TPSA) is 85.1 Å². The summed E-state index contributed by atoms with van der Waals surface area (Å²) < 4.78 is 1.10. The fraction of sp³-hybridized carbons (Fsp3) is 0. The van der Waals surface area contributed by atoms with Gasteiger partial charge in [-0.25, -0.2) is 0 Å². The minimum Gasteiger partial charge on any atom is -0.321 e. The molecule has 1 aromatic heterocycles. The highest BCUT2D eigenvalue weighted by Crippen LogP contribution is 2.25. The van der Waals surface area contributed by atoms with Crippen molar-refractivity contribution in [1.82, 2.24) is 4.98 Å². The van der Waals surface area contributed by atoms with E-state index in [-0.39, 0.29) is 11.3 Å². The highest BCUT2D eigenvalue weighted by Gasteiger charge is 2.16. The van der Waals surface area contributed by atoms with E-state index in [4.69, 9.17) is 0 Å². The molecule has 20 heavy (non-hydrogen) atoms. The smallest absolute Gasteiger partial charge is 0.270 e. The van der Waals surface area contributed by atoms with E-state index in [2.05, 4.69) is 42.2 Å². The predicted molar refractivity (Wildman–Crippen MR) is 80.7 cm³/mol. The van der Waals surface area contributed by atoms with Crippen LogP contribution in [0.4, 0.5) is 11.4 Å². The molecule has 2 aromatic rings. The molecule has 8 heteroatoms. The average Bonchev–Trinajstić information content (AvgIpc) is 2.41. The number of benzene rings is 1. The van der Waals surface area contributed by atoms with Gasteiger partial charge in [-0.15, -0.1) is 0 Å². The van der Waals surface area contributed by atoms with Crippen molar-refractivity contribution < 1.29 is 9.72 Å². The number of anilines is 1. The van der Waals surface area contributed by atoms with Crippen molar-refractivity contribution in [3.63, 3.8) is 0 Å². The molecule has 102 valence electrons. The number of hydrogen-bond acceptors (Lipinski definition) is 4. The summed E-state index contributed by atoms with van der Waals surface area (Å²) in [6.45, 7) is 0. The maximum absolute atomic E-state index is 12.2. The van der Waals surface area contributed by atoms with Crippen LogP contribution in [0.25, 0.3) is 0 Å². The fourth-order valence-electron chi connectivity index (χ4n) is 1.47. The van der Waals surface area contributed by atoms with Gasteiger partial charge in [0.15, 0.2) is 0 Å². The van der Waals surface area contributed by atoms with E-state index in [1.165, 1.54) is 30.6 Å². The van der Waals surface area contributed by atoms with Gasteiger partial charge in [0.25, 0.3) is 11.6 Å². The summed E-state index contributed by atoms with van der Waals surface area (Å²) >= 11 is 6.46. The first-order valence-corrected chi connectivity index (χ1v) is 6.92. The molecule has 0 fully saturated rings. The van der Waals surface area contributed by atoms with Gasteiger partial charge in [0.2, 0.25) is 0 Å². The molecule has 1 amide bonds. The number of pyridine rings is 1. The molecule has 2 rings (SSSR count). The third kappa shape index (κ3) is 3.20. The van der Waals surface area contributed by atoms with Crippen LogP contribution in [0.5, 0.6) is 0 Å². The number of carbonyl (C=O) groups excluding carboxylic acids is 1. The Morgan fingerprint density at radius 1 is 1.25 bits per heavy atom. The number of rotatable bonds is 3. The summed E-state index contributed by atoms with van der Waals surface area (Å²) in [5.41, 5.74) is 0.568. The zero-order valence-corrected chi connectivity index (χ0v) is 13.0. The van der Waals surface area contributed by atoms with Gasteiger partial charge in [0.05, 0.1) is 20.6 Å². The molecule has 0 aliphatic carbocycles. The Balaban J connectivity index is 2.32. The van der Waals surface area contributed by atoms with Crippen LogP contribution < -0.4 is 5.32 Å². The van der Waals surface area contributed by atoms with E-state index >= 15 is 0 Å². The van der Waals surface area contributed by atoms with Crippen LogP contribution in [0, 0.1) is 10.1 Å². The van der Waals surface area contributed by atoms with Crippen molar-refractivity contribution in [2.24, 2.45) is 0 Å². The van der Waals surface area contributed by atoms with Crippen LogP contribution in [0.1, 0.15) is 10.4 Å². The number of amides is 1. The van der Waals surface area contributed by atoms with Crippen molar-refractivity contribution in [3.05, 3.63) is 61.3 Å². The number of carbonyl (C=O) groups is 1. The summed E-state index contributed by atoms with van der Waals surface area (Å²) in [5.74, 6) is -0.451. The molecule has 0 radical (unpaired) electrons. The SMILES string of the molecule is O=C(Nc1ccncc1Br)c1cc([N+](=O)[O-])ccc1Br. The second kappa shape index (κ2) is 6.10. The van der Waals surface area contributed by atoms with Crippen molar-refractivity contribution in [2.45, 2.75) is 0 Å². The molecule has 0 atom stereocenters. The van der Waals surface area contributed by atoms with Gasteiger partial charge >= 0.3 is 0 Å². The lowest BCUT2D eigenvalue weighted by Crippen LogP contribution is -2.13. The van der Waals surface area contributed by atoms with Gasteiger partial charge in [-0.1, -0.05) is 0 Å². The molecule has 0 unspecified atom stereocenters. The van der Waals surface area contributed by atoms with Gasteiger partial charge in [-0.2, -0.15) is 0 Å². The summed E-state index contributed by atoms with van der Waals surface area (Å²) in [4.78, 5) is 26.2. The van der Waals surface area contributed by atoms with Crippen LogP contribution >= 0.6 is 31.9 Å². The standard InChI is InChI=1S/C12H7Br2N3O3/c13-9-2-1-7(17(19)20)5-8(9)12(18)16-11-3-4-15-6-10(11)14/h1-6H,(H,15,16,18). The molecule has 0 aliphatic rings. The van der Waals surface area contributed by atoms with Crippen LogP contribution in [-0.2, 0) is 0 Å². The Kier molecular flexibility index (Phi) is 4.46. The highest BCUT2D eigenvalue weighted by molar-refractivity contribution is 9.11. The lowest BCUT2D eigenvalue weighted by molar-refractivity contribution is -0.384. The molecule has 1 heterocycles. The number of nitrogens with one attached hydrogen (secondary N) is 1. The summed E-state index contributed by atoms with van der Waals surface area (Å²) in [6, 6.07) is 5.62. The van der Waals surface area contributed by atoms with E-state index in [1.807, 2.05) is 0 Å².